The summed E-state index contributed by atoms with van der Waals surface area (Å²) < 4.78 is 149. The van der Waals surface area contributed by atoms with E-state index in [-0.39, 0.29) is 71.1 Å². The van der Waals surface area contributed by atoms with Crippen molar-refractivity contribution >= 4 is 65.4 Å². The third-order valence-corrected chi connectivity index (χ3v) is 8.24. The fourth-order valence-corrected chi connectivity index (χ4v) is 6.42. The molecular formula is C42H27N3. The van der Waals surface area contributed by atoms with Gasteiger partial charge in [0.05, 0.1) is 55.0 Å². The van der Waals surface area contributed by atoms with Crippen LogP contribution in [0.1, 0.15) is 21.9 Å². The smallest absolute Gasteiger partial charge is 0.0788 e. The average Bonchev–Trinajstić information content (AvgIpc) is 3.93. The third kappa shape index (κ3) is 3.35. The number of benzene rings is 7. The molecule has 0 aliphatic carbocycles. The van der Waals surface area contributed by atoms with E-state index in [2.05, 4.69) is 0 Å². The van der Waals surface area contributed by atoms with E-state index in [1.165, 1.54) is 15.2 Å². The van der Waals surface area contributed by atoms with Gasteiger partial charge in [-0.3, -0.25) is 0 Å². The van der Waals surface area contributed by atoms with Gasteiger partial charge in [-0.15, -0.1) is 0 Å². The van der Waals surface area contributed by atoms with Gasteiger partial charge in [0, 0.05) is 49.4 Å². The molecule has 0 amide bonds. The second kappa shape index (κ2) is 9.22. The molecular weight excluding hydrogens is 546 g/mol. The molecule has 7 aromatic carbocycles. The second-order valence-corrected chi connectivity index (χ2v) is 10.6. The van der Waals surface area contributed by atoms with Crippen LogP contribution in [0.5, 0.6) is 0 Å². The topological polar surface area (TPSA) is 14.8 Å². The maximum Gasteiger partial charge on any atom is 0.0788 e. The van der Waals surface area contributed by atoms with Crippen LogP contribution in [0.25, 0.3) is 82.5 Å². The molecule has 3 heterocycles. The van der Waals surface area contributed by atoms with Crippen molar-refractivity contribution in [1.82, 2.24) is 13.7 Å². The van der Waals surface area contributed by atoms with E-state index in [0.29, 0.717) is 11.4 Å². The molecule has 0 aliphatic heterocycles. The number of hydrogen-bond acceptors (Lipinski definition) is 0. The third-order valence-electron chi connectivity index (χ3n) is 8.24. The van der Waals surface area contributed by atoms with Gasteiger partial charge in [0.2, 0.25) is 0 Å². The van der Waals surface area contributed by atoms with Crippen LogP contribution >= 0.6 is 0 Å². The van der Waals surface area contributed by atoms with E-state index in [4.69, 9.17) is 13.7 Å². The van der Waals surface area contributed by atoms with Gasteiger partial charge in [-0.25, -0.2) is 0 Å². The highest BCUT2D eigenvalue weighted by molar-refractivity contribution is 6.24. The minimum Gasteiger partial charge on any atom is -0.309 e. The summed E-state index contributed by atoms with van der Waals surface area (Å²) >= 11 is 0. The molecule has 10 rings (SSSR count). The summed E-state index contributed by atoms with van der Waals surface area (Å²) in [5, 5.41) is -0.477. The van der Waals surface area contributed by atoms with Crippen LogP contribution in [0.4, 0.5) is 0 Å². The Morgan fingerprint density at radius 1 is 0.333 bits per heavy atom. The lowest BCUT2D eigenvalue weighted by Gasteiger charge is -2.13. The van der Waals surface area contributed by atoms with E-state index in [1.54, 1.807) is 65.2 Å². The first kappa shape index (κ1) is 13.7. The highest BCUT2D eigenvalue weighted by Crippen LogP contribution is 2.42. The summed E-state index contributed by atoms with van der Waals surface area (Å²) in [6.45, 7) is 0. The Morgan fingerprint density at radius 2 is 0.733 bits per heavy atom. The van der Waals surface area contributed by atoms with Crippen LogP contribution in [0, 0.1) is 0 Å². The predicted molar refractivity (Wildman–Crippen MR) is 189 cm³/mol. The summed E-state index contributed by atoms with van der Waals surface area (Å²) in [6.07, 6.45) is 0. The lowest BCUT2D eigenvalue weighted by molar-refractivity contribution is 1.14. The highest BCUT2D eigenvalue weighted by atomic mass is 15.1. The molecule has 0 unspecified atom stereocenters. The van der Waals surface area contributed by atoms with E-state index in [1.807, 2.05) is 0 Å². The Morgan fingerprint density at radius 3 is 1.29 bits per heavy atom. The number of hydrogen-bond donors (Lipinski definition) is 0. The van der Waals surface area contributed by atoms with Gasteiger partial charge in [-0.2, -0.15) is 0 Å². The standard InChI is InChI=1S/C42H27N3/c1-3-13-28(14-4-1)43-37-20-10-7-17-31(37)34-24-23-30(27-40(34)43)45-39-22-12-9-19-33(39)36-26-25-35-32-18-8-11-21-38(32)44(41(35)42(36)45)29-15-5-2-6-16-29/h1-27H/i7D,8D,9D,10D,11D,12D,17D,18D,19D,20D,21D,22D,23D,24D,25D,26D. The SMILES string of the molecule is [2H]c1c(-n2c3c([2H])c([2H])c([2H])c([2H])c3c3c([2H])c([2H])c4c5c([2H])c([2H])c([2H])c([2H])c5n(-c5ccccc5)c4c32)cc2c(c1[2H])c1c([2H])c([2H])c([2H])c([2H])c1n2-c1ccccc1. The molecule has 0 atom stereocenters. The Hall–Kier alpha value is -6.06. The summed E-state index contributed by atoms with van der Waals surface area (Å²) in [4.78, 5) is 0. The molecule has 0 spiro atoms. The van der Waals surface area contributed by atoms with Crippen molar-refractivity contribution in [3.63, 3.8) is 0 Å². The van der Waals surface area contributed by atoms with Crippen molar-refractivity contribution < 1.29 is 21.9 Å². The van der Waals surface area contributed by atoms with Crippen molar-refractivity contribution in [3.8, 4) is 17.1 Å². The number of rotatable bonds is 3. The highest BCUT2D eigenvalue weighted by Gasteiger charge is 2.22. The fraction of sp³-hybridized carbons (Fsp3) is 0. The molecule has 3 nitrogen and oxygen atoms in total. The zero-order valence-corrected chi connectivity index (χ0v) is 23.2. The van der Waals surface area contributed by atoms with Gasteiger partial charge < -0.3 is 13.7 Å². The number of fused-ring (bicyclic) bond motifs is 10. The zero-order valence-electron chi connectivity index (χ0n) is 39.2. The van der Waals surface area contributed by atoms with Gasteiger partial charge in [0.25, 0.3) is 0 Å². The van der Waals surface area contributed by atoms with Crippen LogP contribution in [0.2, 0.25) is 0 Å². The summed E-state index contributed by atoms with van der Waals surface area (Å²) in [6, 6.07) is 10.2. The van der Waals surface area contributed by atoms with Crippen LogP contribution in [-0.2, 0) is 0 Å². The van der Waals surface area contributed by atoms with Crippen LogP contribution in [-0.4, -0.2) is 13.7 Å². The van der Waals surface area contributed by atoms with E-state index in [9.17, 15) is 8.22 Å². The predicted octanol–water partition coefficient (Wildman–Crippen LogP) is 11.0. The molecule has 45 heavy (non-hydrogen) atoms. The van der Waals surface area contributed by atoms with Crippen LogP contribution in [0.15, 0.2) is 163 Å². The number of para-hydroxylation sites is 5. The summed E-state index contributed by atoms with van der Waals surface area (Å²) in [5.41, 5.74) is 0.579. The van der Waals surface area contributed by atoms with Gasteiger partial charge in [-0.05, 0) is 54.5 Å². The Bertz CT molecular complexity index is 3650. The monoisotopic (exact) mass is 589 g/mol. The molecule has 210 valence electrons. The summed E-state index contributed by atoms with van der Waals surface area (Å²) in [7, 11) is 0. The van der Waals surface area contributed by atoms with E-state index < -0.39 is 96.7 Å². The molecule has 10 aromatic rings. The van der Waals surface area contributed by atoms with Gasteiger partial charge >= 0.3 is 0 Å². The number of nitrogens with zero attached hydrogens (tertiary/aromatic N) is 3. The molecule has 0 fully saturated rings. The lowest BCUT2D eigenvalue weighted by atomic mass is 10.1. The van der Waals surface area contributed by atoms with Crippen LogP contribution in [0.3, 0.4) is 0 Å². The molecule has 0 saturated carbocycles. The van der Waals surface area contributed by atoms with Gasteiger partial charge in [0.15, 0.2) is 0 Å². The molecule has 0 radical (unpaired) electrons. The minimum absolute atomic E-state index is 0.0127. The minimum atomic E-state index is -0.653. The van der Waals surface area contributed by atoms with E-state index in [0.717, 1.165) is 0 Å². The largest absolute Gasteiger partial charge is 0.309 e. The lowest BCUT2D eigenvalue weighted by Crippen LogP contribution is -1.99. The molecule has 3 aromatic heterocycles. The van der Waals surface area contributed by atoms with Gasteiger partial charge in [-0.1, -0.05) is 109 Å². The first-order chi connectivity index (χ1) is 29.0. The quantitative estimate of drug-likeness (QED) is 0.195. The van der Waals surface area contributed by atoms with Crippen molar-refractivity contribution in [2.24, 2.45) is 0 Å². The van der Waals surface area contributed by atoms with Crippen molar-refractivity contribution in [2.75, 3.05) is 0 Å². The summed E-state index contributed by atoms with van der Waals surface area (Å²) in [5.74, 6) is 0. The maximum atomic E-state index is 9.69. The van der Waals surface area contributed by atoms with E-state index >= 15 is 0 Å². The molecule has 3 heteroatoms. The van der Waals surface area contributed by atoms with Crippen molar-refractivity contribution in [3.05, 3.63) is 163 Å². The first-order valence-corrected chi connectivity index (χ1v) is 14.2. The Balaban J connectivity index is 1.56. The zero-order chi connectivity index (χ0) is 43.4. The van der Waals surface area contributed by atoms with Crippen molar-refractivity contribution in [2.45, 2.75) is 0 Å². The molecule has 0 saturated heterocycles. The van der Waals surface area contributed by atoms with Crippen molar-refractivity contribution in [1.29, 1.82) is 0 Å². The fourth-order valence-electron chi connectivity index (χ4n) is 6.42. The normalized spacial score (nSPS) is 17.0. The molecule has 0 bridgehead atoms. The maximum absolute atomic E-state index is 9.69. The van der Waals surface area contributed by atoms with Crippen LogP contribution < -0.4 is 0 Å². The molecule has 0 aliphatic rings. The Labute approximate surface area is 281 Å². The van der Waals surface area contributed by atoms with Gasteiger partial charge in [0.1, 0.15) is 0 Å². The molecule has 0 N–H and O–H groups in total. The second-order valence-electron chi connectivity index (χ2n) is 10.6. The Kier molecular flexibility index (Phi) is 2.81. The number of aromatic nitrogens is 3. The first-order valence-electron chi connectivity index (χ1n) is 22.2. The average molecular weight is 590 g/mol.